The lowest BCUT2D eigenvalue weighted by Gasteiger charge is -2.05. The van der Waals surface area contributed by atoms with Gasteiger partial charge in [0.2, 0.25) is 0 Å². The average molecular weight is 284 g/mol. The van der Waals surface area contributed by atoms with Gasteiger partial charge in [0.1, 0.15) is 5.82 Å². The van der Waals surface area contributed by atoms with Gasteiger partial charge in [0.25, 0.3) is 5.91 Å². The van der Waals surface area contributed by atoms with Crippen LogP contribution in [0.3, 0.4) is 0 Å². The number of rotatable bonds is 3. The lowest BCUT2D eigenvalue weighted by Crippen LogP contribution is -2.23. The van der Waals surface area contributed by atoms with Crippen LogP contribution in [-0.2, 0) is 6.54 Å². The van der Waals surface area contributed by atoms with Crippen LogP contribution in [0, 0.1) is 12.7 Å². The SMILES string of the molecule is Cc1cc2ncc(C(=O)NCc3cccc(F)c3)cn2n1. The molecule has 0 saturated carbocycles. The summed E-state index contributed by atoms with van der Waals surface area (Å²) in [4.78, 5) is 16.2. The highest BCUT2D eigenvalue weighted by molar-refractivity contribution is 5.93. The van der Waals surface area contributed by atoms with Crippen LogP contribution in [0.2, 0.25) is 0 Å². The van der Waals surface area contributed by atoms with Gasteiger partial charge < -0.3 is 5.32 Å². The third-order valence-corrected chi connectivity index (χ3v) is 3.04. The first-order valence-electron chi connectivity index (χ1n) is 6.46. The smallest absolute Gasteiger partial charge is 0.254 e. The highest BCUT2D eigenvalue weighted by Gasteiger charge is 2.08. The monoisotopic (exact) mass is 284 g/mol. The van der Waals surface area contributed by atoms with E-state index in [-0.39, 0.29) is 18.3 Å². The summed E-state index contributed by atoms with van der Waals surface area (Å²) in [6.45, 7) is 2.12. The van der Waals surface area contributed by atoms with Crippen molar-refractivity contribution in [1.29, 1.82) is 0 Å². The molecule has 3 rings (SSSR count). The van der Waals surface area contributed by atoms with Gasteiger partial charge in [-0.25, -0.2) is 13.9 Å². The zero-order valence-electron chi connectivity index (χ0n) is 11.4. The summed E-state index contributed by atoms with van der Waals surface area (Å²) in [5, 5.41) is 6.94. The van der Waals surface area contributed by atoms with Crippen molar-refractivity contribution in [1.82, 2.24) is 19.9 Å². The van der Waals surface area contributed by atoms with Crippen LogP contribution < -0.4 is 5.32 Å². The maximum absolute atomic E-state index is 13.1. The maximum atomic E-state index is 13.1. The van der Waals surface area contributed by atoms with Crippen molar-refractivity contribution in [2.75, 3.05) is 0 Å². The van der Waals surface area contributed by atoms with Crippen molar-refractivity contribution >= 4 is 11.6 Å². The molecule has 0 aliphatic rings. The van der Waals surface area contributed by atoms with Gasteiger partial charge in [0.05, 0.1) is 11.3 Å². The molecule has 0 spiro atoms. The van der Waals surface area contributed by atoms with E-state index in [4.69, 9.17) is 0 Å². The molecule has 0 saturated heterocycles. The molecule has 1 N–H and O–H groups in total. The zero-order chi connectivity index (χ0) is 14.8. The number of benzene rings is 1. The highest BCUT2D eigenvalue weighted by atomic mass is 19.1. The summed E-state index contributed by atoms with van der Waals surface area (Å²) in [7, 11) is 0. The second-order valence-corrected chi connectivity index (χ2v) is 4.74. The first kappa shape index (κ1) is 13.2. The second kappa shape index (κ2) is 5.32. The van der Waals surface area contributed by atoms with E-state index >= 15 is 0 Å². The number of halogens is 1. The molecule has 3 aromatic rings. The van der Waals surface area contributed by atoms with Crippen molar-refractivity contribution in [3.05, 3.63) is 65.4 Å². The van der Waals surface area contributed by atoms with Crippen molar-refractivity contribution < 1.29 is 9.18 Å². The number of carbonyl (C=O) groups is 1. The summed E-state index contributed by atoms with van der Waals surface area (Å²) in [6, 6.07) is 7.94. The summed E-state index contributed by atoms with van der Waals surface area (Å²) in [6.07, 6.45) is 3.12. The largest absolute Gasteiger partial charge is 0.348 e. The Balaban J connectivity index is 1.74. The van der Waals surface area contributed by atoms with Crippen molar-refractivity contribution in [2.45, 2.75) is 13.5 Å². The number of aromatic nitrogens is 3. The first-order valence-corrected chi connectivity index (χ1v) is 6.46. The van der Waals surface area contributed by atoms with E-state index < -0.39 is 0 Å². The average Bonchev–Trinajstić information content (AvgIpc) is 2.84. The van der Waals surface area contributed by atoms with Crippen molar-refractivity contribution in [2.24, 2.45) is 0 Å². The van der Waals surface area contributed by atoms with Crippen LogP contribution in [0.4, 0.5) is 4.39 Å². The Morgan fingerprint density at radius 1 is 1.38 bits per heavy atom. The lowest BCUT2D eigenvalue weighted by molar-refractivity contribution is 0.0950. The number of hydrogen-bond donors (Lipinski definition) is 1. The summed E-state index contributed by atoms with van der Waals surface area (Å²) in [5.74, 6) is -0.598. The van der Waals surface area contributed by atoms with Gasteiger partial charge in [-0.3, -0.25) is 4.79 Å². The standard InChI is InChI=1S/C15H13FN4O/c1-10-5-14-17-8-12(9-20(14)19-10)15(21)18-7-11-3-2-4-13(16)6-11/h2-6,8-9H,7H2,1H3,(H,18,21). The van der Waals surface area contributed by atoms with Gasteiger partial charge >= 0.3 is 0 Å². The predicted molar refractivity (Wildman–Crippen MR) is 75.3 cm³/mol. The van der Waals surface area contributed by atoms with Gasteiger partial charge in [0.15, 0.2) is 5.65 Å². The number of carbonyl (C=O) groups excluding carboxylic acids is 1. The molecular formula is C15H13FN4O. The minimum atomic E-state index is -0.322. The molecule has 0 radical (unpaired) electrons. The van der Waals surface area contributed by atoms with E-state index in [1.807, 2.05) is 13.0 Å². The molecule has 0 unspecified atom stereocenters. The Kier molecular flexibility index (Phi) is 3.35. The van der Waals surface area contributed by atoms with E-state index in [1.165, 1.54) is 18.3 Å². The quantitative estimate of drug-likeness (QED) is 0.801. The fraction of sp³-hybridized carbons (Fsp3) is 0.133. The highest BCUT2D eigenvalue weighted by Crippen LogP contribution is 2.06. The Morgan fingerprint density at radius 2 is 2.24 bits per heavy atom. The van der Waals surface area contributed by atoms with Gasteiger partial charge in [-0.2, -0.15) is 5.10 Å². The minimum Gasteiger partial charge on any atom is -0.348 e. The van der Waals surface area contributed by atoms with Crippen LogP contribution in [0.15, 0.2) is 42.7 Å². The van der Waals surface area contributed by atoms with Crippen LogP contribution in [-0.4, -0.2) is 20.5 Å². The molecule has 0 atom stereocenters. The second-order valence-electron chi connectivity index (χ2n) is 4.74. The molecule has 0 aliphatic carbocycles. The number of aryl methyl sites for hydroxylation is 1. The van der Waals surface area contributed by atoms with Gasteiger partial charge in [0, 0.05) is 25.0 Å². The molecule has 0 aliphatic heterocycles. The van der Waals surface area contributed by atoms with E-state index in [0.717, 1.165) is 5.69 Å². The predicted octanol–water partition coefficient (Wildman–Crippen LogP) is 2.11. The fourth-order valence-corrected chi connectivity index (χ4v) is 2.04. The third kappa shape index (κ3) is 2.89. The molecule has 5 nitrogen and oxygen atoms in total. The van der Waals surface area contributed by atoms with Crippen LogP contribution >= 0.6 is 0 Å². The zero-order valence-corrected chi connectivity index (χ0v) is 11.4. The van der Waals surface area contributed by atoms with Crippen LogP contribution in [0.5, 0.6) is 0 Å². The molecule has 106 valence electrons. The topological polar surface area (TPSA) is 59.3 Å². The molecule has 2 aromatic heterocycles. The molecule has 2 heterocycles. The van der Waals surface area contributed by atoms with E-state index in [0.29, 0.717) is 16.8 Å². The number of nitrogens with one attached hydrogen (secondary N) is 1. The van der Waals surface area contributed by atoms with E-state index in [1.54, 1.807) is 22.8 Å². The molecule has 0 bridgehead atoms. The maximum Gasteiger partial charge on any atom is 0.254 e. The summed E-state index contributed by atoms with van der Waals surface area (Å²) >= 11 is 0. The summed E-state index contributed by atoms with van der Waals surface area (Å²) in [5.41, 5.74) is 2.63. The molecule has 0 fully saturated rings. The fourth-order valence-electron chi connectivity index (χ4n) is 2.04. The Bertz CT molecular complexity index is 812. The molecule has 1 aromatic carbocycles. The normalized spacial score (nSPS) is 10.8. The molecule has 6 heteroatoms. The number of fused-ring (bicyclic) bond motifs is 1. The Labute approximate surface area is 120 Å². The van der Waals surface area contributed by atoms with Gasteiger partial charge in [-0.15, -0.1) is 0 Å². The van der Waals surface area contributed by atoms with Gasteiger partial charge in [-0.1, -0.05) is 12.1 Å². The van der Waals surface area contributed by atoms with Crippen LogP contribution in [0.1, 0.15) is 21.6 Å². The molecule has 21 heavy (non-hydrogen) atoms. The Hall–Kier alpha value is -2.76. The van der Waals surface area contributed by atoms with Crippen molar-refractivity contribution in [3.8, 4) is 0 Å². The van der Waals surface area contributed by atoms with Crippen LogP contribution in [0.25, 0.3) is 5.65 Å². The van der Waals surface area contributed by atoms with E-state index in [9.17, 15) is 9.18 Å². The van der Waals surface area contributed by atoms with Gasteiger partial charge in [-0.05, 0) is 24.6 Å². The Morgan fingerprint density at radius 3 is 3.05 bits per heavy atom. The lowest BCUT2D eigenvalue weighted by atomic mass is 10.2. The van der Waals surface area contributed by atoms with E-state index in [2.05, 4.69) is 15.4 Å². The molecular weight excluding hydrogens is 271 g/mol. The first-order chi connectivity index (χ1) is 10.1. The third-order valence-electron chi connectivity index (χ3n) is 3.04. The summed E-state index contributed by atoms with van der Waals surface area (Å²) < 4.78 is 14.6. The number of nitrogens with zero attached hydrogens (tertiary/aromatic N) is 3. The number of hydrogen-bond acceptors (Lipinski definition) is 3. The van der Waals surface area contributed by atoms with Crippen molar-refractivity contribution in [3.63, 3.8) is 0 Å². The molecule has 1 amide bonds. The number of amides is 1. The minimum absolute atomic E-state index is 0.257.